The summed E-state index contributed by atoms with van der Waals surface area (Å²) in [5.74, 6) is 1.02. The fourth-order valence-electron chi connectivity index (χ4n) is 2.35. The van der Waals surface area contributed by atoms with Gasteiger partial charge in [-0.1, -0.05) is 18.5 Å². The van der Waals surface area contributed by atoms with Gasteiger partial charge in [0.05, 0.1) is 18.2 Å². The van der Waals surface area contributed by atoms with Crippen molar-refractivity contribution in [3.63, 3.8) is 0 Å². The van der Waals surface area contributed by atoms with Crippen LogP contribution in [0.3, 0.4) is 0 Å². The van der Waals surface area contributed by atoms with E-state index < -0.39 is 0 Å². The quantitative estimate of drug-likeness (QED) is 0.873. The summed E-state index contributed by atoms with van der Waals surface area (Å²) in [6, 6.07) is 3.39. The van der Waals surface area contributed by atoms with Crippen LogP contribution in [0.2, 0.25) is 5.02 Å². The first kappa shape index (κ1) is 16.9. The summed E-state index contributed by atoms with van der Waals surface area (Å²) in [4.78, 5) is 14.4. The van der Waals surface area contributed by atoms with Gasteiger partial charge in [-0.3, -0.25) is 4.79 Å². The van der Waals surface area contributed by atoms with Crippen LogP contribution in [0.15, 0.2) is 12.1 Å². The number of carbonyl (C=O) groups is 1. The van der Waals surface area contributed by atoms with Crippen molar-refractivity contribution in [1.82, 2.24) is 10.2 Å². The van der Waals surface area contributed by atoms with Crippen molar-refractivity contribution in [1.29, 1.82) is 0 Å². The average Bonchev–Trinajstić information content (AvgIpc) is 2.54. The number of nitrogens with zero attached hydrogens (tertiary/aromatic N) is 1. The van der Waals surface area contributed by atoms with Crippen molar-refractivity contribution >= 4 is 17.5 Å². The number of nitrogens with one attached hydrogen (secondary N) is 1. The third-order valence-corrected chi connectivity index (χ3v) is 3.69. The summed E-state index contributed by atoms with van der Waals surface area (Å²) < 4.78 is 11.3. The van der Waals surface area contributed by atoms with Gasteiger partial charge in [-0.05, 0) is 25.5 Å². The number of piperazine rings is 1. The molecule has 1 aromatic carbocycles. The summed E-state index contributed by atoms with van der Waals surface area (Å²) in [7, 11) is 0. The van der Waals surface area contributed by atoms with Crippen molar-refractivity contribution in [3.05, 3.63) is 22.7 Å². The van der Waals surface area contributed by atoms with E-state index in [0.717, 1.165) is 19.5 Å². The highest BCUT2D eigenvalue weighted by atomic mass is 35.5. The fourth-order valence-corrected chi connectivity index (χ4v) is 2.61. The summed E-state index contributed by atoms with van der Waals surface area (Å²) in [6.45, 7) is 8.00. The Bertz CT molecular complexity index is 516. The number of benzene rings is 1. The van der Waals surface area contributed by atoms with E-state index in [0.29, 0.717) is 48.4 Å². The molecule has 6 heteroatoms. The van der Waals surface area contributed by atoms with Gasteiger partial charge in [-0.15, -0.1) is 0 Å². The lowest BCUT2D eigenvalue weighted by Gasteiger charge is -2.27. The number of hydrogen-bond acceptors (Lipinski definition) is 4. The largest absolute Gasteiger partial charge is 0.490 e. The molecule has 5 nitrogen and oxygen atoms in total. The number of carbonyl (C=O) groups excluding carboxylic acids is 1. The summed E-state index contributed by atoms with van der Waals surface area (Å²) in [5, 5.41) is 3.65. The molecule has 0 aliphatic carbocycles. The molecule has 0 atom stereocenters. The molecule has 0 saturated carbocycles. The number of amides is 1. The number of hydrogen-bond donors (Lipinski definition) is 1. The van der Waals surface area contributed by atoms with Crippen LogP contribution < -0.4 is 14.8 Å². The minimum Gasteiger partial charge on any atom is -0.490 e. The first-order chi connectivity index (χ1) is 10.7. The monoisotopic (exact) mass is 326 g/mol. The smallest absolute Gasteiger partial charge is 0.254 e. The maximum Gasteiger partial charge on any atom is 0.254 e. The zero-order valence-corrected chi connectivity index (χ0v) is 13.9. The highest BCUT2D eigenvalue weighted by molar-refractivity contribution is 6.32. The molecule has 0 spiro atoms. The molecule has 0 radical (unpaired) electrons. The molecule has 1 N–H and O–H groups in total. The first-order valence-electron chi connectivity index (χ1n) is 7.76. The third kappa shape index (κ3) is 4.05. The van der Waals surface area contributed by atoms with E-state index in [1.54, 1.807) is 12.1 Å². The minimum absolute atomic E-state index is 0.0219. The van der Waals surface area contributed by atoms with E-state index >= 15 is 0 Å². The van der Waals surface area contributed by atoms with E-state index in [1.165, 1.54) is 0 Å². The molecule has 1 saturated heterocycles. The molecule has 22 heavy (non-hydrogen) atoms. The van der Waals surface area contributed by atoms with E-state index in [2.05, 4.69) is 5.32 Å². The fraction of sp³-hybridized carbons (Fsp3) is 0.562. The Kier molecular flexibility index (Phi) is 6.34. The average molecular weight is 327 g/mol. The molecule has 0 aromatic heterocycles. The van der Waals surface area contributed by atoms with Gasteiger partial charge in [0.2, 0.25) is 0 Å². The Hall–Kier alpha value is -1.46. The van der Waals surface area contributed by atoms with Crippen LogP contribution >= 0.6 is 11.6 Å². The maximum atomic E-state index is 12.6. The van der Waals surface area contributed by atoms with E-state index in [1.807, 2.05) is 18.7 Å². The molecule has 122 valence electrons. The van der Waals surface area contributed by atoms with Crippen LogP contribution in [0.1, 0.15) is 30.6 Å². The van der Waals surface area contributed by atoms with Crippen LogP contribution in [-0.4, -0.2) is 50.2 Å². The Morgan fingerprint density at radius 2 is 2.00 bits per heavy atom. The normalized spacial score (nSPS) is 14.8. The Morgan fingerprint density at radius 1 is 1.27 bits per heavy atom. The molecule has 0 unspecified atom stereocenters. The second-order valence-corrected chi connectivity index (χ2v) is 5.52. The minimum atomic E-state index is -0.0219. The number of rotatable bonds is 6. The van der Waals surface area contributed by atoms with Crippen molar-refractivity contribution in [2.45, 2.75) is 20.3 Å². The van der Waals surface area contributed by atoms with Crippen molar-refractivity contribution in [2.24, 2.45) is 0 Å². The second-order valence-electron chi connectivity index (χ2n) is 5.11. The predicted molar refractivity (Wildman–Crippen MR) is 87.2 cm³/mol. The van der Waals surface area contributed by atoms with Gasteiger partial charge in [0.15, 0.2) is 11.5 Å². The van der Waals surface area contributed by atoms with Crippen LogP contribution in [0.25, 0.3) is 0 Å². The van der Waals surface area contributed by atoms with Gasteiger partial charge in [0.25, 0.3) is 5.91 Å². The Morgan fingerprint density at radius 3 is 2.64 bits per heavy atom. The van der Waals surface area contributed by atoms with Crippen LogP contribution in [-0.2, 0) is 0 Å². The maximum absolute atomic E-state index is 12.6. The molecule has 1 aliphatic rings. The van der Waals surface area contributed by atoms with Gasteiger partial charge >= 0.3 is 0 Å². The van der Waals surface area contributed by atoms with E-state index in [9.17, 15) is 4.79 Å². The van der Waals surface area contributed by atoms with Crippen molar-refractivity contribution < 1.29 is 14.3 Å². The Labute approximate surface area is 136 Å². The number of halogens is 1. The highest BCUT2D eigenvalue weighted by Gasteiger charge is 2.21. The molecule has 1 aliphatic heterocycles. The zero-order valence-electron chi connectivity index (χ0n) is 13.2. The van der Waals surface area contributed by atoms with Gasteiger partial charge < -0.3 is 19.7 Å². The zero-order chi connectivity index (χ0) is 15.9. The predicted octanol–water partition coefficient (Wildman–Crippen LogP) is 2.57. The van der Waals surface area contributed by atoms with Crippen LogP contribution in [0, 0.1) is 0 Å². The van der Waals surface area contributed by atoms with Crippen molar-refractivity contribution in [3.8, 4) is 11.5 Å². The first-order valence-corrected chi connectivity index (χ1v) is 8.14. The lowest BCUT2D eigenvalue weighted by molar-refractivity contribution is 0.0735. The number of ether oxygens (including phenoxy) is 2. The molecule has 2 rings (SSSR count). The molecule has 1 aromatic rings. The Balaban J connectivity index is 2.26. The summed E-state index contributed by atoms with van der Waals surface area (Å²) in [5.41, 5.74) is 0.541. The van der Waals surface area contributed by atoms with Crippen LogP contribution in [0.4, 0.5) is 0 Å². The molecule has 1 fully saturated rings. The van der Waals surface area contributed by atoms with Gasteiger partial charge in [-0.25, -0.2) is 0 Å². The van der Waals surface area contributed by atoms with Crippen LogP contribution in [0.5, 0.6) is 11.5 Å². The SMILES string of the molecule is CCCOc1c(Cl)cc(C(=O)N2CCNCC2)cc1OCC. The standard InChI is InChI=1S/C16H23ClN2O3/c1-3-9-22-15-13(17)10-12(11-14(15)21-4-2)16(20)19-7-5-18-6-8-19/h10-11,18H,3-9H2,1-2H3. The third-order valence-electron chi connectivity index (χ3n) is 3.41. The molecule has 1 heterocycles. The van der Waals surface area contributed by atoms with Gasteiger partial charge in [0, 0.05) is 31.7 Å². The van der Waals surface area contributed by atoms with E-state index in [4.69, 9.17) is 21.1 Å². The molecular formula is C16H23ClN2O3. The lowest BCUT2D eigenvalue weighted by Crippen LogP contribution is -2.46. The van der Waals surface area contributed by atoms with E-state index in [-0.39, 0.29) is 5.91 Å². The molecule has 0 bridgehead atoms. The van der Waals surface area contributed by atoms with Gasteiger partial charge in [0.1, 0.15) is 0 Å². The molecular weight excluding hydrogens is 304 g/mol. The highest BCUT2D eigenvalue weighted by Crippen LogP contribution is 2.37. The molecule has 1 amide bonds. The summed E-state index contributed by atoms with van der Waals surface area (Å²) in [6.07, 6.45) is 0.878. The second kappa shape index (κ2) is 8.25. The summed E-state index contributed by atoms with van der Waals surface area (Å²) >= 11 is 6.30. The van der Waals surface area contributed by atoms with Gasteiger partial charge in [-0.2, -0.15) is 0 Å². The topological polar surface area (TPSA) is 50.8 Å². The van der Waals surface area contributed by atoms with Crippen molar-refractivity contribution in [2.75, 3.05) is 39.4 Å². The lowest BCUT2D eigenvalue weighted by atomic mass is 10.1.